The minimum absolute atomic E-state index is 0.199. The topological polar surface area (TPSA) is 29.9 Å². The highest BCUT2D eigenvalue weighted by Crippen LogP contribution is 2.33. The lowest BCUT2D eigenvalue weighted by Crippen LogP contribution is -2.17. The first-order valence-corrected chi connectivity index (χ1v) is 5.93. The Morgan fingerprint density at radius 3 is 2.68 bits per heavy atom. The van der Waals surface area contributed by atoms with Crippen LogP contribution in [-0.4, -0.2) is 16.3 Å². The van der Waals surface area contributed by atoms with Crippen molar-refractivity contribution in [2.45, 2.75) is 19.6 Å². The summed E-state index contributed by atoms with van der Waals surface area (Å²) in [5, 5.41) is 6.84. The standard InChI is InChI=1S/C13H14F3N3/c1-2-17-9-10-4-5-11(19-7-3-6-18-19)8-12(10)13(14,15)16/h3-8,17H,2,9H2,1H3. The molecule has 0 radical (unpaired) electrons. The van der Waals surface area contributed by atoms with E-state index in [0.29, 0.717) is 12.2 Å². The highest BCUT2D eigenvalue weighted by atomic mass is 19.4. The van der Waals surface area contributed by atoms with E-state index in [1.54, 1.807) is 18.3 Å². The molecule has 102 valence electrons. The monoisotopic (exact) mass is 269 g/mol. The number of nitrogens with zero attached hydrogens (tertiary/aromatic N) is 2. The third-order valence-electron chi connectivity index (χ3n) is 2.73. The van der Waals surface area contributed by atoms with E-state index in [0.717, 1.165) is 6.07 Å². The van der Waals surface area contributed by atoms with Crippen molar-refractivity contribution in [1.29, 1.82) is 0 Å². The molecule has 0 saturated heterocycles. The summed E-state index contributed by atoms with van der Waals surface area (Å²) in [6.45, 7) is 2.67. The maximum absolute atomic E-state index is 13.0. The minimum atomic E-state index is -4.37. The molecule has 0 aliphatic heterocycles. The van der Waals surface area contributed by atoms with E-state index < -0.39 is 11.7 Å². The van der Waals surface area contributed by atoms with E-state index in [4.69, 9.17) is 0 Å². The Kier molecular flexibility index (Phi) is 3.90. The van der Waals surface area contributed by atoms with Gasteiger partial charge in [-0.05, 0) is 30.3 Å². The van der Waals surface area contributed by atoms with Crippen LogP contribution >= 0.6 is 0 Å². The molecule has 1 N–H and O–H groups in total. The number of rotatable bonds is 4. The van der Waals surface area contributed by atoms with Crippen LogP contribution in [0.3, 0.4) is 0 Å². The van der Waals surface area contributed by atoms with E-state index >= 15 is 0 Å². The molecule has 19 heavy (non-hydrogen) atoms. The molecule has 0 bridgehead atoms. The summed E-state index contributed by atoms with van der Waals surface area (Å²) in [6.07, 6.45) is -1.23. The SMILES string of the molecule is CCNCc1ccc(-n2cccn2)cc1C(F)(F)F. The summed E-state index contributed by atoms with van der Waals surface area (Å²) < 4.78 is 40.5. The van der Waals surface area contributed by atoms with Crippen molar-refractivity contribution in [3.8, 4) is 5.69 Å². The third-order valence-corrected chi connectivity index (χ3v) is 2.73. The average molecular weight is 269 g/mol. The summed E-state index contributed by atoms with van der Waals surface area (Å²) in [5.41, 5.74) is 0.0179. The number of hydrogen-bond acceptors (Lipinski definition) is 2. The fraction of sp³-hybridized carbons (Fsp3) is 0.308. The van der Waals surface area contributed by atoms with Gasteiger partial charge in [-0.15, -0.1) is 0 Å². The summed E-state index contributed by atoms with van der Waals surface area (Å²) in [5.74, 6) is 0. The van der Waals surface area contributed by atoms with Crippen LogP contribution in [0.5, 0.6) is 0 Å². The molecule has 1 heterocycles. The second-order valence-corrected chi connectivity index (χ2v) is 4.07. The Balaban J connectivity index is 2.42. The second-order valence-electron chi connectivity index (χ2n) is 4.07. The molecule has 3 nitrogen and oxygen atoms in total. The zero-order chi connectivity index (χ0) is 13.9. The van der Waals surface area contributed by atoms with Crippen LogP contribution in [0.4, 0.5) is 13.2 Å². The maximum atomic E-state index is 13.0. The first-order chi connectivity index (χ1) is 9.02. The highest BCUT2D eigenvalue weighted by molar-refractivity contribution is 5.41. The highest BCUT2D eigenvalue weighted by Gasteiger charge is 2.33. The van der Waals surface area contributed by atoms with Gasteiger partial charge < -0.3 is 5.32 Å². The smallest absolute Gasteiger partial charge is 0.313 e. The predicted molar refractivity (Wildman–Crippen MR) is 65.9 cm³/mol. The molecular weight excluding hydrogens is 255 g/mol. The van der Waals surface area contributed by atoms with E-state index in [9.17, 15) is 13.2 Å². The lowest BCUT2D eigenvalue weighted by atomic mass is 10.1. The zero-order valence-electron chi connectivity index (χ0n) is 10.4. The number of hydrogen-bond donors (Lipinski definition) is 1. The number of halogens is 3. The van der Waals surface area contributed by atoms with Crippen molar-refractivity contribution in [3.05, 3.63) is 47.8 Å². The van der Waals surface area contributed by atoms with Gasteiger partial charge in [0.25, 0.3) is 0 Å². The fourth-order valence-corrected chi connectivity index (χ4v) is 1.81. The van der Waals surface area contributed by atoms with Crippen molar-refractivity contribution in [2.75, 3.05) is 6.54 Å². The van der Waals surface area contributed by atoms with Gasteiger partial charge >= 0.3 is 6.18 Å². The normalized spacial score (nSPS) is 11.8. The Morgan fingerprint density at radius 1 is 1.32 bits per heavy atom. The van der Waals surface area contributed by atoms with E-state index in [2.05, 4.69) is 10.4 Å². The fourth-order valence-electron chi connectivity index (χ4n) is 1.81. The molecule has 0 amide bonds. The Labute approximate surface area is 109 Å². The minimum Gasteiger partial charge on any atom is -0.313 e. The molecule has 0 fully saturated rings. The second kappa shape index (κ2) is 5.44. The summed E-state index contributed by atoms with van der Waals surface area (Å²) in [6, 6.07) is 5.91. The van der Waals surface area contributed by atoms with Gasteiger partial charge in [0.2, 0.25) is 0 Å². The zero-order valence-corrected chi connectivity index (χ0v) is 10.4. The van der Waals surface area contributed by atoms with Crippen LogP contribution in [0, 0.1) is 0 Å². The molecule has 2 rings (SSSR count). The van der Waals surface area contributed by atoms with Gasteiger partial charge in [-0.2, -0.15) is 18.3 Å². The van der Waals surface area contributed by atoms with Gasteiger partial charge in [0.05, 0.1) is 11.3 Å². The number of benzene rings is 1. The van der Waals surface area contributed by atoms with Crippen LogP contribution in [0.2, 0.25) is 0 Å². The average Bonchev–Trinajstić information content (AvgIpc) is 2.89. The van der Waals surface area contributed by atoms with Crippen LogP contribution < -0.4 is 5.32 Å². The molecule has 0 saturated carbocycles. The molecule has 1 aromatic heterocycles. The molecular formula is C13H14F3N3. The molecule has 0 aliphatic rings. The summed E-state index contributed by atoms with van der Waals surface area (Å²) in [4.78, 5) is 0. The van der Waals surface area contributed by atoms with Crippen LogP contribution in [0.15, 0.2) is 36.7 Å². The van der Waals surface area contributed by atoms with Crippen LogP contribution in [-0.2, 0) is 12.7 Å². The van der Waals surface area contributed by atoms with Crippen LogP contribution in [0.1, 0.15) is 18.1 Å². The molecule has 0 aliphatic carbocycles. The first kappa shape index (κ1) is 13.6. The van der Waals surface area contributed by atoms with Crippen molar-refractivity contribution in [3.63, 3.8) is 0 Å². The molecule has 0 unspecified atom stereocenters. The molecule has 1 aromatic carbocycles. The Hall–Kier alpha value is -1.82. The van der Waals surface area contributed by atoms with Crippen molar-refractivity contribution in [2.24, 2.45) is 0 Å². The third kappa shape index (κ3) is 3.14. The Bertz CT molecular complexity index is 533. The van der Waals surface area contributed by atoms with Gasteiger partial charge in [-0.1, -0.05) is 13.0 Å². The van der Waals surface area contributed by atoms with E-state index in [1.165, 1.54) is 16.9 Å². The summed E-state index contributed by atoms with van der Waals surface area (Å²) >= 11 is 0. The van der Waals surface area contributed by atoms with Crippen molar-refractivity contribution < 1.29 is 13.2 Å². The maximum Gasteiger partial charge on any atom is 0.416 e. The van der Waals surface area contributed by atoms with E-state index in [1.807, 2.05) is 6.92 Å². The molecule has 6 heteroatoms. The molecule has 0 spiro atoms. The van der Waals surface area contributed by atoms with Crippen molar-refractivity contribution in [1.82, 2.24) is 15.1 Å². The van der Waals surface area contributed by atoms with Crippen LogP contribution in [0.25, 0.3) is 5.69 Å². The van der Waals surface area contributed by atoms with E-state index in [-0.39, 0.29) is 12.1 Å². The Morgan fingerprint density at radius 2 is 2.11 bits per heavy atom. The quantitative estimate of drug-likeness (QED) is 0.924. The lowest BCUT2D eigenvalue weighted by molar-refractivity contribution is -0.138. The number of aromatic nitrogens is 2. The van der Waals surface area contributed by atoms with Gasteiger partial charge in [-0.3, -0.25) is 0 Å². The first-order valence-electron chi connectivity index (χ1n) is 5.93. The predicted octanol–water partition coefficient (Wildman–Crippen LogP) is 3.00. The lowest BCUT2D eigenvalue weighted by Gasteiger charge is -2.15. The van der Waals surface area contributed by atoms with Crippen molar-refractivity contribution >= 4 is 0 Å². The van der Waals surface area contributed by atoms with Gasteiger partial charge in [0.15, 0.2) is 0 Å². The molecule has 0 atom stereocenters. The van der Waals surface area contributed by atoms with Gasteiger partial charge in [0, 0.05) is 18.9 Å². The van der Waals surface area contributed by atoms with Gasteiger partial charge in [0.1, 0.15) is 0 Å². The number of alkyl halides is 3. The van der Waals surface area contributed by atoms with Gasteiger partial charge in [-0.25, -0.2) is 4.68 Å². The molecule has 2 aromatic rings. The summed E-state index contributed by atoms with van der Waals surface area (Å²) in [7, 11) is 0. The number of nitrogens with one attached hydrogen (secondary N) is 1. The largest absolute Gasteiger partial charge is 0.416 e.